The topological polar surface area (TPSA) is 91.7 Å². The van der Waals surface area contributed by atoms with Gasteiger partial charge in [0.15, 0.2) is 0 Å². The van der Waals surface area contributed by atoms with Gasteiger partial charge in [0.05, 0.1) is 12.2 Å². The molecule has 0 radical (unpaired) electrons. The summed E-state index contributed by atoms with van der Waals surface area (Å²) in [5, 5.41) is 9.24. The lowest BCUT2D eigenvalue weighted by atomic mass is 9.99. The van der Waals surface area contributed by atoms with Gasteiger partial charge in [-0.2, -0.15) is 11.3 Å². The van der Waals surface area contributed by atoms with E-state index in [0.29, 0.717) is 24.3 Å². The number of carbonyl (C=O) groups excluding carboxylic acids is 3. The van der Waals surface area contributed by atoms with Gasteiger partial charge in [-0.3, -0.25) is 14.4 Å². The zero-order valence-electron chi connectivity index (χ0n) is 16.2. The minimum Gasteiger partial charge on any atom is -0.469 e. The van der Waals surface area contributed by atoms with Gasteiger partial charge in [0, 0.05) is 30.9 Å². The number of furan rings is 1. The Balaban J connectivity index is 1.38. The number of amides is 3. The smallest absolute Gasteiger partial charge is 0.313 e. The Morgan fingerprint density at radius 2 is 2.07 bits per heavy atom. The highest BCUT2D eigenvalue weighted by Gasteiger charge is 2.23. The van der Waals surface area contributed by atoms with Gasteiger partial charge in [0.25, 0.3) is 0 Å². The van der Waals surface area contributed by atoms with Gasteiger partial charge in [-0.25, -0.2) is 0 Å². The van der Waals surface area contributed by atoms with Crippen LogP contribution in [-0.2, 0) is 14.4 Å². The van der Waals surface area contributed by atoms with Crippen LogP contribution in [0.5, 0.6) is 0 Å². The first kappa shape index (κ1) is 19.9. The normalized spacial score (nSPS) is 14.5. The van der Waals surface area contributed by atoms with Crippen LogP contribution in [0.4, 0.5) is 11.4 Å². The Hall–Kier alpha value is -3.39. The lowest BCUT2D eigenvalue weighted by Gasteiger charge is -2.17. The zero-order chi connectivity index (χ0) is 20.9. The van der Waals surface area contributed by atoms with Crippen molar-refractivity contribution < 1.29 is 18.8 Å². The van der Waals surface area contributed by atoms with Crippen molar-refractivity contribution in [3.05, 3.63) is 70.8 Å². The number of hydrogen-bond donors (Lipinski definition) is 2. The number of thiophene rings is 1. The predicted molar refractivity (Wildman–Crippen MR) is 115 cm³/mol. The van der Waals surface area contributed by atoms with Crippen LogP contribution in [0, 0.1) is 0 Å². The molecule has 1 aromatic carbocycles. The van der Waals surface area contributed by atoms with E-state index in [-0.39, 0.29) is 18.4 Å². The third kappa shape index (κ3) is 4.44. The molecule has 2 N–H and O–H groups in total. The van der Waals surface area contributed by atoms with Crippen molar-refractivity contribution >= 4 is 40.4 Å². The maximum absolute atomic E-state index is 12.4. The minimum atomic E-state index is -0.761. The molecule has 2 aromatic heterocycles. The number of carbonyl (C=O) groups is 3. The molecular weight excluding hydrogens is 402 g/mol. The fourth-order valence-corrected chi connectivity index (χ4v) is 4.20. The van der Waals surface area contributed by atoms with E-state index in [1.54, 1.807) is 46.8 Å². The molecule has 3 heterocycles. The number of hydrogen-bond acceptors (Lipinski definition) is 5. The molecule has 1 atom stereocenters. The summed E-state index contributed by atoms with van der Waals surface area (Å²) in [6.45, 7) is 0.895. The van der Waals surface area contributed by atoms with Crippen molar-refractivity contribution in [2.24, 2.45) is 0 Å². The maximum Gasteiger partial charge on any atom is 0.313 e. The van der Waals surface area contributed by atoms with Crippen molar-refractivity contribution in [2.45, 2.75) is 18.8 Å². The number of benzene rings is 1. The standard InChI is InChI=1S/C22H21N3O4S/c26-20-7-2-9-25(20)17-5-1-4-16(12-17)24-22(28)21(27)23-13-18(15-8-11-30-14-15)19-6-3-10-29-19/h1,3-6,8,10-12,14,18H,2,7,9,13H2,(H,23,27)(H,24,28). The quantitative estimate of drug-likeness (QED) is 0.595. The largest absolute Gasteiger partial charge is 0.469 e. The zero-order valence-corrected chi connectivity index (χ0v) is 17.0. The van der Waals surface area contributed by atoms with E-state index in [0.717, 1.165) is 17.7 Å². The minimum absolute atomic E-state index is 0.0635. The number of nitrogens with zero attached hydrogens (tertiary/aromatic N) is 1. The Morgan fingerprint density at radius 1 is 1.17 bits per heavy atom. The van der Waals surface area contributed by atoms with E-state index in [9.17, 15) is 14.4 Å². The average Bonchev–Trinajstić information content (AvgIpc) is 3.51. The summed E-state index contributed by atoms with van der Waals surface area (Å²) in [4.78, 5) is 38.4. The molecule has 4 rings (SSSR count). The molecule has 0 bridgehead atoms. The second-order valence-electron chi connectivity index (χ2n) is 6.99. The lowest BCUT2D eigenvalue weighted by molar-refractivity contribution is -0.136. The van der Waals surface area contributed by atoms with Gasteiger partial charge < -0.3 is 20.0 Å². The van der Waals surface area contributed by atoms with Crippen molar-refractivity contribution in [2.75, 3.05) is 23.3 Å². The summed E-state index contributed by atoms with van der Waals surface area (Å²) in [7, 11) is 0. The van der Waals surface area contributed by atoms with Gasteiger partial charge in [-0.15, -0.1) is 0 Å². The molecule has 7 nitrogen and oxygen atoms in total. The molecule has 0 spiro atoms. The third-order valence-electron chi connectivity index (χ3n) is 4.99. The van der Waals surface area contributed by atoms with Crippen molar-refractivity contribution in [1.82, 2.24) is 5.32 Å². The molecule has 3 aromatic rings. The van der Waals surface area contributed by atoms with Gasteiger partial charge in [0.2, 0.25) is 5.91 Å². The van der Waals surface area contributed by atoms with Crippen LogP contribution < -0.4 is 15.5 Å². The Bertz CT molecular complexity index is 996. The molecule has 8 heteroatoms. The molecule has 3 amide bonds. The van der Waals surface area contributed by atoms with E-state index in [1.807, 2.05) is 29.0 Å². The number of nitrogens with one attached hydrogen (secondary N) is 2. The Morgan fingerprint density at radius 3 is 2.77 bits per heavy atom. The molecule has 1 unspecified atom stereocenters. The first-order valence-electron chi connectivity index (χ1n) is 9.67. The van der Waals surface area contributed by atoms with Gasteiger partial charge in [0.1, 0.15) is 5.76 Å². The highest BCUT2D eigenvalue weighted by Crippen LogP contribution is 2.26. The molecule has 1 aliphatic rings. The van der Waals surface area contributed by atoms with Crippen molar-refractivity contribution in [3.8, 4) is 0 Å². The number of anilines is 2. The summed E-state index contributed by atoms with van der Waals surface area (Å²) in [6.07, 6.45) is 2.93. The summed E-state index contributed by atoms with van der Waals surface area (Å²) in [5.41, 5.74) is 2.19. The van der Waals surface area contributed by atoms with Crippen LogP contribution in [0.2, 0.25) is 0 Å². The number of rotatable bonds is 6. The van der Waals surface area contributed by atoms with E-state index in [4.69, 9.17) is 4.42 Å². The first-order chi connectivity index (χ1) is 14.6. The molecule has 0 saturated carbocycles. The van der Waals surface area contributed by atoms with Gasteiger partial charge >= 0.3 is 11.8 Å². The summed E-state index contributed by atoms with van der Waals surface area (Å²) in [6, 6.07) is 12.6. The second kappa shape index (κ2) is 8.96. The fourth-order valence-electron chi connectivity index (χ4n) is 3.48. The molecule has 1 saturated heterocycles. The van der Waals surface area contributed by atoms with Crippen LogP contribution in [0.15, 0.2) is 63.9 Å². The molecular formula is C22H21N3O4S. The second-order valence-corrected chi connectivity index (χ2v) is 7.77. The van der Waals surface area contributed by atoms with E-state index >= 15 is 0 Å². The van der Waals surface area contributed by atoms with Gasteiger partial charge in [-0.05, 0) is 59.1 Å². The molecule has 30 heavy (non-hydrogen) atoms. The van der Waals surface area contributed by atoms with Crippen molar-refractivity contribution in [3.63, 3.8) is 0 Å². The summed E-state index contributed by atoms with van der Waals surface area (Å²) < 4.78 is 5.50. The molecule has 1 fully saturated rings. The fraction of sp³-hybridized carbons (Fsp3) is 0.227. The lowest BCUT2D eigenvalue weighted by Crippen LogP contribution is -2.37. The van der Waals surface area contributed by atoms with E-state index in [2.05, 4.69) is 10.6 Å². The molecule has 1 aliphatic heterocycles. The van der Waals surface area contributed by atoms with E-state index < -0.39 is 11.8 Å². The monoisotopic (exact) mass is 423 g/mol. The third-order valence-corrected chi connectivity index (χ3v) is 5.70. The Kier molecular flexibility index (Phi) is 5.94. The van der Waals surface area contributed by atoms with Crippen LogP contribution in [0.1, 0.15) is 30.1 Å². The predicted octanol–water partition coefficient (Wildman–Crippen LogP) is 3.35. The average molecular weight is 423 g/mol. The highest BCUT2D eigenvalue weighted by molar-refractivity contribution is 7.08. The SMILES string of the molecule is O=C(NCC(c1ccsc1)c1ccco1)C(=O)Nc1cccc(N2CCCC2=O)c1. The van der Waals surface area contributed by atoms with Crippen LogP contribution in [0.25, 0.3) is 0 Å². The molecule has 0 aliphatic carbocycles. The van der Waals surface area contributed by atoms with Gasteiger partial charge in [-0.1, -0.05) is 6.07 Å². The van der Waals surface area contributed by atoms with Crippen LogP contribution in [0.3, 0.4) is 0 Å². The molecule has 154 valence electrons. The highest BCUT2D eigenvalue weighted by atomic mass is 32.1. The van der Waals surface area contributed by atoms with E-state index in [1.165, 1.54) is 0 Å². The summed E-state index contributed by atoms with van der Waals surface area (Å²) >= 11 is 1.56. The Labute approximate surface area is 177 Å². The van der Waals surface area contributed by atoms with Crippen molar-refractivity contribution in [1.29, 1.82) is 0 Å². The maximum atomic E-state index is 12.4. The summed E-state index contributed by atoms with van der Waals surface area (Å²) in [5.74, 6) is -0.883. The van der Waals surface area contributed by atoms with Crippen LogP contribution >= 0.6 is 11.3 Å². The van der Waals surface area contributed by atoms with Crippen LogP contribution in [-0.4, -0.2) is 30.8 Å². The first-order valence-corrected chi connectivity index (χ1v) is 10.6.